The third kappa shape index (κ3) is 4.76. The van der Waals surface area contributed by atoms with Crippen LogP contribution < -0.4 is 10.6 Å². The Bertz CT molecular complexity index is 1130. The van der Waals surface area contributed by atoms with Crippen molar-refractivity contribution in [2.75, 3.05) is 30.3 Å². The molecular formula is C25H26ClN5O. The average Bonchev–Trinajstić information content (AvgIpc) is 3.26. The number of aryl methyl sites for hydroxylation is 1. The van der Waals surface area contributed by atoms with E-state index in [1.165, 1.54) is 31.5 Å². The molecule has 2 aliphatic heterocycles. The Balaban J connectivity index is 1.41. The molecule has 0 saturated carbocycles. The SMILES string of the molecule is O=C1Cc2cnc(Nc3ccc(Cl)cc3)nc2-c2cc(CCCN3CCCC3)ccc2N1. The number of nitrogens with one attached hydrogen (secondary N) is 2. The van der Waals surface area contributed by atoms with Gasteiger partial charge >= 0.3 is 0 Å². The topological polar surface area (TPSA) is 70.2 Å². The van der Waals surface area contributed by atoms with Crippen molar-refractivity contribution < 1.29 is 4.79 Å². The predicted molar refractivity (Wildman–Crippen MR) is 129 cm³/mol. The third-order valence-corrected chi connectivity index (χ3v) is 6.32. The van der Waals surface area contributed by atoms with Crippen LogP contribution in [0.15, 0.2) is 48.7 Å². The van der Waals surface area contributed by atoms with Crippen LogP contribution in [0.1, 0.15) is 30.4 Å². The Morgan fingerprint density at radius 3 is 2.72 bits per heavy atom. The van der Waals surface area contributed by atoms with Gasteiger partial charge in [-0.25, -0.2) is 9.97 Å². The van der Waals surface area contributed by atoms with Gasteiger partial charge in [0.1, 0.15) is 0 Å². The second-order valence-corrected chi connectivity index (χ2v) is 8.89. The molecule has 32 heavy (non-hydrogen) atoms. The molecule has 0 unspecified atom stereocenters. The highest BCUT2D eigenvalue weighted by atomic mass is 35.5. The maximum absolute atomic E-state index is 12.4. The lowest BCUT2D eigenvalue weighted by molar-refractivity contribution is -0.115. The molecule has 2 aliphatic rings. The number of carbonyl (C=O) groups is 1. The minimum atomic E-state index is -0.0474. The first-order valence-corrected chi connectivity index (χ1v) is 11.6. The van der Waals surface area contributed by atoms with Crippen LogP contribution in [-0.4, -0.2) is 40.4 Å². The quantitative estimate of drug-likeness (QED) is 0.552. The lowest BCUT2D eigenvalue weighted by Gasteiger charge is -2.15. The van der Waals surface area contributed by atoms with E-state index in [9.17, 15) is 4.79 Å². The largest absolute Gasteiger partial charge is 0.325 e. The zero-order valence-electron chi connectivity index (χ0n) is 17.9. The third-order valence-electron chi connectivity index (χ3n) is 6.07. The van der Waals surface area contributed by atoms with E-state index in [-0.39, 0.29) is 12.3 Å². The summed E-state index contributed by atoms with van der Waals surface area (Å²) in [5.41, 5.74) is 5.49. The van der Waals surface area contributed by atoms with Gasteiger partial charge in [-0.15, -0.1) is 0 Å². The lowest BCUT2D eigenvalue weighted by atomic mass is 10.00. The van der Waals surface area contributed by atoms with Crippen LogP contribution in [0.2, 0.25) is 5.02 Å². The van der Waals surface area contributed by atoms with Crippen molar-refractivity contribution in [2.45, 2.75) is 32.1 Å². The van der Waals surface area contributed by atoms with E-state index in [0.29, 0.717) is 11.0 Å². The molecule has 1 amide bonds. The molecule has 0 aliphatic carbocycles. The van der Waals surface area contributed by atoms with Gasteiger partial charge in [-0.05, 0) is 87.3 Å². The smallest absolute Gasteiger partial charge is 0.228 e. The Morgan fingerprint density at radius 1 is 1.09 bits per heavy atom. The van der Waals surface area contributed by atoms with Gasteiger partial charge in [0.25, 0.3) is 0 Å². The molecule has 0 bridgehead atoms. The Hall–Kier alpha value is -2.96. The van der Waals surface area contributed by atoms with Crippen molar-refractivity contribution in [3.8, 4) is 11.3 Å². The number of likely N-dealkylation sites (tertiary alicyclic amines) is 1. The fraction of sp³-hybridized carbons (Fsp3) is 0.320. The number of benzene rings is 2. The van der Waals surface area contributed by atoms with Gasteiger partial charge in [0.05, 0.1) is 17.8 Å². The van der Waals surface area contributed by atoms with Gasteiger partial charge in [-0.2, -0.15) is 0 Å². The number of anilines is 3. The highest BCUT2D eigenvalue weighted by Crippen LogP contribution is 2.34. The number of nitrogens with zero attached hydrogens (tertiary/aromatic N) is 3. The van der Waals surface area contributed by atoms with E-state index in [1.807, 2.05) is 30.3 Å². The van der Waals surface area contributed by atoms with Crippen LogP contribution in [-0.2, 0) is 17.6 Å². The summed E-state index contributed by atoms with van der Waals surface area (Å²) in [5.74, 6) is 0.444. The standard InChI is InChI=1S/C25H26ClN5O/c26-19-6-8-20(9-7-19)28-25-27-16-18-15-23(32)29-22-10-5-17(14-21(22)24(18)30-25)4-3-13-31-11-1-2-12-31/h5-10,14,16H,1-4,11-13,15H2,(H,29,32)(H,27,28,30). The normalized spacial score (nSPS) is 15.6. The molecule has 1 fully saturated rings. The van der Waals surface area contributed by atoms with Crippen molar-refractivity contribution in [1.29, 1.82) is 0 Å². The number of rotatable bonds is 6. The van der Waals surface area contributed by atoms with E-state index in [0.717, 1.165) is 47.6 Å². The Morgan fingerprint density at radius 2 is 1.91 bits per heavy atom. The molecule has 3 heterocycles. The summed E-state index contributed by atoms with van der Waals surface area (Å²) in [4.78, 5) is 24.2. The zero-order valence-corrected chi connectivity index (χ0v) is 18.7. The zero-order chi connectivity index (χ0) is 21.9. The molecular weight excluding hydrogens is 422 g/mol. The number of hydrogen-bond donors (Lipinski definition) is 2. The predicted octanol–water partition coefficient (Wildman–Crippen LogP) is 5.06. The summed E-state index contributed by atoms with van der Waals surface area (Å²) in [7, 11) is 0. The molecule has 0 spiro atoms. The summed E-state index contributed by atoms with van der Waals surface area (Å²) in [6.45, 7) is 3.59. The molecule has 3 aromatic rings. The number of hydrogen-bond acceptors (Lipinski definition) is 5. The van der Waals surface area contributed by atoms with E-state index >= 15 is 0 Å². The summed E-state index contributed by atoms with van der Waals surface area (Å²) < 4.78 is 0. The maximum atomic E-state index is 12.4. The number of halogens is 1. The molecule has 7 heteroatoms. The molecule has 5 rings (SSSR count). The maximum Gasteiger partial charge on any atom is 0.228 e. The second kappa shape index (κ2) is 9.27. The molecule has 2 N–H and O–H groups in total. The molecule has 2 aromatic carbocycles. The number of aromatic nitrogens is 2. The first-order chi connectivity index (χ1) is 15.6. The van der Waals surface area contributed by atoms with E-state index in [2.05, 4.69) is 32.7 Å². The van der Waals surface area contributed by atoms with E-state index in [1.54, 1.807) is 6.20 Å². The summed E-state index contributed by atoms with van der Waals surface area (Å²) >= 11 is 5.98. The van der Waals surface area contributed by atoms with Crippen molar-refractivity contribution in [2.24, 2.45) is 0 Å². The van der Waals surface area contributed by atoms with Crippen LogP contribution in [0.4, 0.5) is 17.3 Å². The number of amides is 1. The van der Waals surface area contributed by atoms with Crippen LogP contribution in [0.5, 0.6) is 0 Å². The average molecular weight is 448 g/mol. The van der Waals surface area contributed by atoms with Gasteiger partial charge in [0.2, 0.25) is 11.9 Å². The van der Waals surface area contributed by atoms with Gasteiger partial charge < -0.3 is 15.5 Å². The molecule has 0 atom stereocenters. The highest BCUT2D eigenvalue weighted by Gasteiger charge is 2.21. The highest BCUT2D eigenvalue weighted by molar-refractivity contribution is 6.30. The lowest BCUT2D eigenvalue weighted by Crippen LogP contribution is -2.20. The first kappa shape index (κ1) is 20.9. The van der Waals surface area contributed by atoms with Crippen LogP contribution >= 0.6 is 11.6 Å². The van der Waals surface area contributed by atoms with Crippen LogP contribution in [0.25, 0.3) is 11.3 Å². The summed E-state index contributed by atoms with van der Waals surface area (Å²) in [5, 5.41) is 6.93. The second-order valence-electron chi connectivity index (χ2n) is 8.46. The van der Waals surface area contributed by atoms with E-state index in [4.69, 9.17) is 16.6 Å². The van der Waals surface area contributed by atoms with Gasteiger partial charge in [0, 0.05) is 28.0 Å². The molecule has 1 aromatic heterocycles. The van der Waals surface area contributed by atoms with Gasteiger partial charge in [-0.1, -0.05) is 17.7 Å². The van der Waals surface area contributed by atoms with Crippen LogP contribution in [0, 0.1) is 0 Å². The van der Waals surface area contributed by atoms with E-state index < -0.39 is 0 Å². The van der Waals surface area contributed by atoms with Crippen LogP contribution in [0.3, 0.4) is 0 Å². The fourth-order valence-electron chi connectivity index (χ4n) is 4.42. The van der Waals surface area contributed by atoms with Gasteiger partial charge in [0.15, 0.2) is 0 Å². The summed E-state index contributed by atoms with van der Waals surface area (Å²) in [6.07, 6.45) is 6.78. The molecule has 164 valence electrons. The summed E-state index contributed by atoms with van der Waals surface area (Å²) in [6, 6.07) is 13.7. The monoisotopic (exact) mass is 447 g/mol. The van der Waals surface area contributed by atoms with Crippen molar-refractivity contribution in [3.63, 3.8) is 0 Å². The Labute approximate surface area is 193 Å². The number of carbonyl (C=O) groups excluding carboxylic acids is 1. The minimum absolute atomic E-state index is 0.0474. The minimum Gasteiger partial charge on any atom is -0.325 e. The fourth-order valence-corrected chi connectivity index (χ4v) is 4.55. The number of fused-ring (bicyclic) bond motifs is 3. The van der Waals surface area contributed by atoms with Crippen molar-refractivity contribution >= 4 is 34.8 Å². The molecule has 0 radical (unpaired) electrons. The first-order valence-electron chi connectivity index (χ1n) is 11.2. The van der Waals surface area contributed by atoms with Crippen molar-refractivity contribution in [3.05, 3.63) is 64.8 Å². The molecule has 1 saturated heterocycles. The van der Waals surface area contributed by atoms with Crippen molar-refractivity contribution in [1.82, 2.24) is 14.9 Å². The Kier molecular flexibility index (Phi) is 6.06. The molecule has 6 nitrogen and oxygen atoms in total. The van der Waals surface area contributed by atoms with Gasteiger partial charge in [-0.3, -0.25) is 4.79 Å².